The predicted octanol–water partition coefficient (Wildman–Crippen LogP) is 1.99. The molecular weight excluding hydrogens is 299 g/mol. The number of nitro groups is 1. The largest absolute Gasteiger partial charge is 0.463 e. The summed E-state index contributed by atoms with van der Waals surface area (Å²) in [4.78, 5) is 24.3. The molecule has 112 valence electrons. The van der Waals surface area contributed by atoms with E-state index in [-0.39, 0.29) is 10.8 Å². The lowest BCUT2D eigenvalue weighted by Crippen LogP contribution is -2.09. The first-order valence-corrected chi connectivity index (χ1v) is 5.22. The van der Waals surface area contributed by atoms with Gasteiger partial charge >= 0.3 is 12.1 Å². The highest BCUT2D eigenvalue weighted by Crippen LogP contribution is 2.37. The Bertz CT molecular complexity index is 752. The van der Waals surface area contributed by atoms with Gasteiger partial charge in [0.05, 0.1) is 17.6 Å². The summed E-state index contributed by atoms with van der Waals surface area (Å²) < 4.78 is 43.0. The molecule has 0 atom stereocenters. The second kappa shape index (κ2) is 4.61. The number of methoxy groups -OCH3 is 1. The summed E-state index contributed by atoms with van der Waals surface area (Å²) in [5.74, 6) is -2.01. The normalized spacial score (nSPS) is 11.6. The number of imidazole rings is 1. The summed E-state index contributed by atoms with van der Waals surface area (Å²) in [5, 5.41) is 20.3. The number of hydrogen-bond donors (Lipinski definition) is 1. The van der Waals surface area contributed by atoms with Gasteiger partial charge in [0.15, 0.2) is 0 Å². The molecule has 0 aliphatic rings. The fourth-order valence-corrected chi connectivity index (χ4v) is 1.70. The number of nitrogens with zero attached hydrogens (tertiary/aromatic N) is 3. The summed E-state index contributed by atoms with van der Waals surface area (Å²) in [6.07, 6.45) is -4.95. The van der Waals surface area contributed by atoms with Gasteiger partial charge in [-0.1, -0.05) is 0 Å². The third kappa shape index (κ3) is 2.32. The van der Waals surface area contributed by atoms with Crippen LogP contribution in [0.25, 0.3) is 11.0 Å². The number of halogens is 3. The van der Waals surface area contributed by atoms with E-state index in [1.165, 1.54) is 0 Å². The fraction of sp³-hybridized carbons (Fsp3) is 0.200. The van der Waals surface area contributed by atoms with Crippen molar-refractivity contribution in [1.82, 2.24) is 9.71 Å². The van der Waals surface area contributed by atoms with Crippen molar-refractivity contribution in [3.63, 3.8) is 0 Å². The maximum Gasteiger partial charge on any atom is 0.418 e. The fourth-order valence-electron chi connectivity index (χ4n) is 1.70. The van der Waals surface area contributed by atoms with Crippen molar-refractivity contribution in [2.45, 2.75) is 6.18 Å². The molecule has 21 heavy (non-hydrogen) atoms. The van der Waals surface area contributed by atoms with Crippen LogP contribution < -0.4 is 0 Å². The van der Waals surface area contributed by atoms with Crippen LogP contribution in [0.5, 0.6) is 0 Å². The molecule has 1 aromatic heterocycles. The van der Waals surface area contributed by atoms with E-state index >= 15 is 0 Å². The lowest BCUT2D eigenvalue weighted by molar-refractivity contribution is -0.385. The van der Waals surface area contributed by atoms with Crippen LogP contribution in [-0.2, 0) is 10.9 Å². The van der Waals surface area contributed by atoms with Crippen LogP contribution in [0.15, 0.2) is 12.1 Å². The Morgan fingerprint density at radius 2 is 2.10 bits per heavy atom. The number of rotatable bonds is 2. The Morgan fingerprint density at radius 3 is 2.57 bits per heavy atom. The molecular formula is C10H6F3N3O5. The molecule has 0 spiro atoms. The third-order valence-corrected chi connectivity index (χ3v) is 2.61. The van der Waals surface area contributed by atoms with Gasteiger partial charge in [0, 0.05) is 12.1 Å². The lowest BCUT2D eigenvalue weighted by Gasteiger charge is -2.06. The molecule has 2 aromatic rings. The van der Waals surface area contributed by atoms with Crippen molar-refractivity contribution >= 4 is 22.7 Å². The maximum absolute atomic E-state index is 12.9. The zero-order chi connectivity index (χ0) is 15.9. The number of carbonyl (C=O) groups is 1. The van der Waals surface area contributed by atoms with Gasteiger partial charge in [-0.25, -0.2) is 9.78 Å². The first kappa shape index (κ1) is 14.6. The van der Waals surface area contributed by atoms with E-state index in [1.807, 2.05) is 0 Å². The highest BCUT2D eigenvalue weighted by molar-refractivity contribution is 5.92. The Hall–Kier alpha value is -2.85. The predicted molar refractivity (Wildman–Crippen MR) is 59.9 cm³/mol. The Morgan fingerprint density at radius 1 is 1.48 bits per heavy atom. The molecule has 2 rings (SSSR count). The summed E-state index contributed by atoms with van der Waals surface area (Å²) in [7, 11) is 0.939. The minimum Gasteiger partial charge on any atom is -0.463 e. The van der Waals surface area contributed by atoms with Crippen molar-refractivity contribution in [1.29, 1.82) is 0 Å². The van der Waals surface area contributed by atoms with E-state index in [9.17, 15) is 33.3 Å². The highest BCUT2D eigenvalue weighted by atomic mass is 19.4. The van der Waals surface area contributed by atoms with Crippen LogP contribution in [-0.4, -0.2) is 32.9 Å². The number of non-ortho nitro benzene ring substituents is 1. The van der Waals surface area contributed by atoms with Gasteiger partial charge in [-0.2, -0.15) is 17.9 Å². The van der Waals surface area contributed by atoms with Crippen LogP contribution >= 0.6 is 0 Å². The van der Waals surface area contributed by atoms with Crippen molar-refractivity contribution in [2.24, 2.45) is 0 Å². The molecule has 0 unspecified atom stereocenters. The standard InChI is InChI=1S/C10H6F3N3O5/c1-21-9(17)8-14-7-5(10(11,12)13)2-4(16(19)20)3-6(7)15(8)18/h2-3,18H,1H3. The number of carbonyl (C=O) groups excluding carboxylic acids is 1. The molecule has 0 bridgehead atoms. The molecule has 1 heterocycles. The molecule has 1 aromatic carbocycles. The summed E-state index contributed by atoms with van der Waals surface area (Å²) in [6.45, 7) is 0. The molecule has 11 heteroatoms. The van der Waals surface area contributed by atoms with Gasteiger partial charge in [0.1, 0.15) is 11.0 Å². The van der Waals surface area contributed by atoms with Crippen molar-refractivity contribution in [3.8, 4) is 0 Å². The molecule has 1 N–H and O–H groups in total. The second-order valence-corrected chi connectivity index (χ2v) is 3.85. The number of aromatic nitrogens is 2. The van der Waals surface area contributed by atoms with Crippen LogP contribution in [0.2, 0.25) is 0 Å². The minimum absolute atomic E-state index is 0.0173. The molecule has 0 saturated heterocycles. The van der Waals surface area contributed by atoms with Crippen LogP contribution in [0.3, 0.4) is 0 Å². The highest BCUT2D eigenvalue weighted by Gasteiger charge is 2.37. The smallest absolute Gasteiger partial charge is 0.418 e. The van der Waals surface area contributed by atoms with E-state index in [2.05, 4.69) is 9.72 Å². The lowest BCUT2D eigenvalue weighted by atomic mass is 10.1. The molecule has 0 fully saturated rings. The zero-order valence-corrected chi connectivity index (χ0v) is 10.2. The van der Waals surface area contributed by atoms with Gasteiger partial charge in [-0.3, -0.25) is 10.1 Å². The van der Waals surface area contributed by atoms with E-state index in [4.69, 9.17) is 0 Å². The second-order valence-electron chi connectivity index (χ2n) is 3.85. The molecule has 0 amide bonds. The average Bonchev–Trinajstić information content (AvgIpc) is 2.73. The minimum atomic E-state index is -4.95. The molecule has 0 aliphatic carbocycles. The SMILES string of the molecule is COC(=O)c1nc2c(C(F)(F)F)cc([N+](=O)[O-])cc2n1O. The number of alkyl halides is 3. The molecule has 8 nitrogen and oxygen atoms in total. The van der Waals surface area contributed by atoms with Gasteiger partial charge in [0.2, 0.25) is 0 Å². The average molecular weight is 305 g/mol. The third-order valence-electron chi connectivity index (χ3n) is 2.61. The Labute approximate surface area is 113 Å². The maximum atomic E-state index is 12.9. The van der Waals surface area contributed by atoms with Crippen LogP contribution in [0, 0.1) is 10.1 Å². The van der Waals surface area contributed by atoms with Gasteiger partial charge in [-0.15, -0.1) is 0 Å². The van der Waals surface area contributed by atoms with E-state index in [0.717, 1.165) is 7.11 Å². The quantitative estimate of drug-likeness (QED) is 0.393. The number of benzene rings is 1. The summed E-state index contributed by atoms with van der Waals surface area (Å²) in [6, 6.07) is 0.945. The first-order chi connectivity index (χ1) is 9.66. The Kier molecular flexibility index (Phi) is 3.20. The number of esters is 1. The van der Waals surface area contributed by atoms with E-state index in [0.29, 0.717) is 6.07 Å². The molecule has 0 saturated carbocycles. The first-order valence-electron chi connectivity index (χ1n) is 5.22. The van der Waals surface area contributed by atoms with Crippen molar-refractivity contribution < 1.29 is 32.8 Å². The zero-order valence-electron chi connectivity index (χ0n) is 10.2. The molecule has 0 aliphatic heterocycles. The Balaban J connectivity index is 2.88. The number of fused-ring (bicyclic) bond motifs is 1. The number of nitro benzene ring substituents is 1. The topological polar surface area (TPSA) is 107 Å². The van der Waals surface area contributed by atoms with E-state index < -0.39 is 45.2 Å². The van der Waals surface area contributed by atoms with Crippen molar-refractivity contribution in [3.05, 3.63) is 33.6 Å². The number of ether oxygens (including phenoxy) is 1. The van der Waals surface area contributed by atoms with Crippen molar-refractivity contribution in [2.75, 3.05) is 7.11 Å². The van der Waals surface area contributed by atoms with Crippen LogP contribution in [0.1, 0.15) is 16.2 Å². The van der Waals surface area contributed by atoms with Gasteiger partial charge in [0.25, 0.3) is 11.5 Å². The summed E-state index contributed by atoms with van der Waals surface area (Å²) in [5.41, 5.74) is -3.76. The van der Waals surface area contributed by atoms with Gasteiger partial charge in [-0.05, 0) is 0 Å². The van der Waals surface area contributed by atoms with Gasteiger partial charge < -0.3 is 9.94 Å². The monoisotopic (exact) mass is 305 g/mol. The summed E-state index contributed by atoms with van der Waals surface area (Å²) >= 11 is 0. The molecule has 0 radical (unpaired) electrons. The number of hydrogen-bond acceptors (Lipinski definition) is 6. The van der Waals surface area contributed by atoms with Crippen LogP contribution in [0.4, 0.5) is 18.9 Å². The van der Waals surface area contributed by atoms with E-state index in [1.54, 1.807) is 0 Å².